The molecule has 0 radical (unpaired) electrons. The third kappa shape index (κ3) is 3.08. The number of halogens is 1. The molecule has 5 rings (SSSR count). The molecule has 1 saturated carbocycles. The summed E-state index contributed by atoms with van der Waals surface area (Å²) < 4.78 is 6.47. The van der Waals surface area contributed by atoms with E-state index in [-0.39, 0.29) is 29.8 Å². The molecule has 0 saturated heterocycles. The molecule has 2 heterocycles. The van der Waals surface area contributed by atoms with Crippen molar-refractivity contribution in [3.8, 4) is 6.07 Å². The number of anilines is 1. The minimum atomic E-state index is -0.373. The quantitative estimate of drug-likeness (QED) is 0.656. The van der Waals surface area contributed by atoms with Crippen LogP contribution in [-0.4, -0.2) is 34.8 Å². The highest BCUT2D eigenvalue weighted by Gasteiger charge is 2.51. The van der Waals surface area contributed by atoms with Gasteiger partial charge in [-0.15, -0.1) is 0 Å². The van der Waals surface area contributed by atoms with Crippen LogP contribution in [0.2, 0.25) is 0 Å². The van der Waals surface area contributed by atoms with E-state index in [0.717, 1.165) is 22.9 Å². The number of hydrogen-bond donors (Lipinski definition) is 1. The predicted octanol–water partition coefficient (Wildman–Crippen LogP) is 3.59. The number of carbonyl (C=O) groups excluding carboxylic acids is 2. The van der Waals surface area contributed by atoms with Crippen LogP contribution in [-0.2, 0) is 10.2 Å². The van der Waals surface area contributed by atoms with E-state index < -0.39 is 0 Å². The maximum absolute atomic E-state index is 12.9. The Labute approximate surface area is 174 Å². The van der Waals surface area contributed by atoms with Crippen LogP contribution in [0, 0.1) is 11.3 Å². The summed E-state index contributed by atoms with van der Waals surface area (Å²) >= 11 is 3.48. The standard InChI is InChI=1S/C21H15BrN4O3/c22-13-2-3-14-15(8-13)21(5-6-21)11-26(19(14)28)10-18(27)25-20-24-16-7-12(9-23)1-4-17(16)29-20/h1-4,7-8H,5-6,10-11H2,(H,24,25,27). The van der Waals surface area contributed by atoms with Crippen molar-refractivity contribution in [3.63, 3.8) is 0 Å². The van der Waals surface area contributed by atoms with Gasteiger partial charge in [0.15, 0.2) is 5.58 Å². The van der Waals surface area contributed by atoms with Gasteiger partial charge in [-0.25, -0.2) is 0 Å². The number of nitrogens with one attached hydrogen (secondary N) is 1. The third-order valence-corrected chi connectivity index (χ3v) is 6.01. The molecular weight excluding hydrogens is 436 g/mol. The molecule has 2 amide bonds. The molecule has 2 aromatic carbocycles. The minimum Gasteiger partial charge on any atom is -0.423 e. The maximum atomic E-state index is 12.9. The summed E-state index contributed by atoms with van der Waals surface area (Å²) in [6.07, 6.45) is 2.02. The fourth-order valence-corrected chi connectivity index (χ4v) is 4.28. The van der Waals surface area contributed by atoms with Crippen LogP contribution >= 0.6 is 15.9 Å². The molecule has 1 spiro atoms. The van der Waals surface area contributed by atoms with Gasteiger partial charge in [-0.2, -0.15) is 10.2 Å². The molecule has 144 valence electrons. The number of oxazole rings is 1. The van der Waals surface area contributed by atoms with Crippen LogP contribution < -0.4 is 5.32 Å². The van der Waals surface area contributed by atoms with Gasteiger partial charge >= 0.3 is 6.01 Å². The van der Waals surface area contributed by atoms with E-state index in [1.807, 2.05) is 24.3 Å². The molecule has 1 aliphatic heterocycles. The molecule has 1 aliphatic carbocycles. The highest BCUT2D eigenvalue weighted by atomic mass is 79.9. The summed E-state index contributed by atoms with van der Waals surface area (Å²) in [5.41, 5.74) is 3.12. The SMILES string of the molecule is N#Cc1ccc2oc(NC(=O)CN3CC4(CC4)c4cc(Br)ccc4C3=O)nc2c1. The third-order valence-electron chi connectivity index (χ3n) is 5.52. The molecule has 1 fully saturated rings. The Balaban J connectivity index is 1.34. The van der Waals surface area contributed by atoms with Crippen molar-refractivity contribution < 1.29 is 14.0 Å². The van der Waals surface area contributed by atoms with E-state index in [1.165, 1.54) is 0 Å². The largest absolute Gasteiger partial charge is 0.423 e. The smallest absolute Gasteiger partial charge is 0.302 e. The van der Waals surface area contributed by atoms with Gasteiger partial charge in [0.25, 0.3) is 5.91 Å². The predicted molar refractivity (Wildman–Crippen MR) is 108 cm³/mol. The van der Waals surface area contributed by atoms with E-state index in [0.29, 0.717) is 28.8 Å². The molecule has 0 unspecified atom stereocenters. The van der Waals surface area contributed by atoms with Gasteiger partial charge in [-0.3, -0.25) is 14.9 Å². The van der Waals surface area contributed by atoms with Crippen molar-refractivity contribution in [1.29, 1.82) is 5.26 Å². The molecular formula is C21H15BrN4O3. The highest BCUT2D eigenvalue weighted by molar-refractivity contribution is 9.10. The number of nitriles is 1. The zero-order valence-corrected chi connectivity index (χ0v) is 16.8. The lowest BCUT2D eigenvalue weighted by Crippen LogP contribution is -2.46. The second-order valence-corrected chi connectivity index (χ2v) is 8.41. The van der Waals surface area contributed by atoms with E-state index >= 15 is 0 Å². The maximum Gasteiger partial charge on any atom is 0.302 e. The fourth-order valence-electron chi connectivity index (χ4n) is 3.92. The van der Waals surface area contributed by atoms with Crippen LogP contribution in [0.1, 0.15) is 34.3 Å². The van der Waals surface area contributed by atoms with E-state index in [2.05, 4.69) is 26.2 Å². The Bertz CT molecular complexity index is 1220. The highest BCUT2D eigenvalue weighted by Crippen LogP contribution is 2.52. The lowest BCUT2D eigenvalue weighted by molar-refractivity contribution is -0.117. The van der Waals surface area contributed by atoms with Crippen LogP contribution in [0.4, 0.5) is 6.01 Å². The first-order valence-corrected chi connectivity index (χ1v) is 9.97. The molecule has 3 aromatic rings. The van der Waals surface area contributed by atoms with E-state index in [9.17, 15) is 9.59 Å². The van der Waals surface area contributed by atoms with Gasteiger partial charge in [0.05, 0.1) is 11.6 Å². The number of nitrogens with zero attached hydrogens (tertiary/aromatic N) is 3. The Morgan fingerprint density at radius 3 is 2.90 bits per heavy atom. The Morgan fingerprint density at radius 2 is 2.14 bits per heavy atom. The van der Waals surface area contributed by atoms with Gasteiger partial charge in [0, 0.05) is 22.0 Å². The summed E-state index contributed by atoms with van der Waals surface area (Å²) in [6, 6.07) is 12.6. The summed E-state index contributed by atoms with van der Waals surface area (Å²) in [5, 5.41) is 11.6. The summed E-state index contributed by atoms with van der Waals surface area (Å²) in [4.78, 5) is 31.3. The summed E-state index contributed by atoms with van der Waals surface area (Å²) in [6.45, 7) is 0.458. The second kappa shape index (κ2) is 6.42. The molecule has 29 heavy (non-hydrogen) atoms. The number of aromatic nitrogens is 1. The van der Waals surface area contributed by atoms with Gasteiger partial charge < -0.3 is 9.32 Å². The van der Waals surface area contributed by atoms with Gasteiger partial charge in [-0.1, -0.05) is 15.9 Å². The zero-order chi connectivity index (χ0) is 20.2. The molecule has 1 aromatic heterocycles. The molecule has 2 aliphatic rings. The van der Waals surface area contributed by atoms with Crippen LogP contribution in [0.3, 0.4) is 0 Å². The number of benzene rings is 2. The molecule has 7 nitrogen and oxygen atoms in total. The van der Waals surface area contributed by atoms with Crippen molar-refractivity contribution in [2.45, 2.75) is 18.3 Å². The lowest BCUT2D eigenvalue weighted by atomic mass is 9.86. The summed E-state index contributed by atoms with van der Waals surface area (Å²) in [5.74, 6) is -0.516. The average molecular weight is 451 g/mol. The molecule has 0 bridgehead atoms. The zero-order valence-electron chi connectivity index (χ0n) is 15.2. The van der Waals surface area contributed by atoms with Gasteiger partial charge in [0.1, 0.15) is 12.1 Å². The topological polar surface area (TPSA) is 99.2 Å². The minimum absolute atomic E-state index is 0.0430. The van der Waals surface area contributed by atoms with Gasteiger partial charge in [-0.05, 0) is 54.8 Å². The average Bonchev–Trinajstić information content (AvgIpc) is 3.36. The van der Waals surface area contributed by atoms with Crippen LogP contribution in [0.15, 0.2) is 45.3 Å². The first-order valence-electron chi connectivity index (χ1n) is 9.17. The van der Waals surface area contributed by atoms with E-state index in [1.54, 1.807) is 23.1 Å². The van der Waals surface area contributed by atoms with Gasteiger partial charge in [0.2, 0.25) is 5.91 Å². The number of fused-ring (bicyclic) bond motifs is 3. The second-order valence-electron chi connectivity index (χ2n) is 7.49. The monoisotopic (exact) mass is 450 g/mol. The molecule has 1 N–H and O–H groups in total. The number of carbonyl (C=O) groups is 2. The fraction of sp³-hybridized carbons (Fsp3) is 0.238. The molecule has 0 atom stereocenters. The number of amides is 2. The number of hydrogen-bond acceptors (Lipinski definition) is 5. The Kier molecular flexibility index (Phi) is 3.96. The molecule has 8 heteroatoms. The van der Waals surface area contributed by atoms with Crippen molar-refractivity contribution in [2.75, 3.05) is 18.4 Å². The van der Waals surface area contributed by atoms with Crippen molar-refractivity contribution in [1.82, 2.24) is 9.88 Å². The first kappa shape index (κ1) is 17.9. The Hall–Kier alpha value is -3.18. The van der Waals surface area contributed by atoms with Crippen LogP contribution in [0.5, 0.6) is 0 Å². The van der Waals surface area contributed by atoms with Crippen LogP contribution in [0.25, 0.3) is 11.1 Å². The summed E-state index contributed by atoms with van der Waals surface area (Å²) in [7, 11) is 0. The first-order chi connectivity index (χ1) is 14.0. The Morgan fingerprint density at radius 1 is 1.31 bits per heavy atom. The lowest BCUT2D eigenvalue weighted by Gasteiger charge is -2.34. The van der Waals surface area contributed by atoms with E-state index in [4.69, 9.17) is 9.68 Å². The number of rotatable bonds is 3. The van der Waals surface area contributed by atoms with Crippen molar-refractivity contribution in [3.05, 3.63) is 57.6 Å². The van der Waals surface area contributed by atoms with Crippen molar-refractivity contribution >= 4 is 44.9 Å². The van der Waals surface area contributed by atoms with Crippen molar-refractivity contribution in [2.24, 2.45) is 0 Å². The normalized spacial score (nSPS) is 16.6.